The number of halogens is 2. The van der Waals surface area contributed by atoms with Gasteiger partial charge in [0.25, 0.3) is 0 Å². The largest absolute Gasteiger partial charge is 0.446 e. The highest BCUT2D eigenvalue weighted by Crippen LogP contribution is 2.32. The van der Waals surface area contributed by atoms with Crippen molar-refractivity contribution in [1.82, 2.24) is 5.32 Å². The number of anilines is 1. The molecule has 2 atom stereocenters. The van der Waals surface area contributed by atoms with E-state index in [4.69, 9.17) is 16.3 Å². The molecule has 26 heavy (non-hydrogen) atoms. The molecular formula is C20H20ClFN2O2. The maximum atomic E-state index is 13.4. The summed E-state index contributed by atoms with van der Waals surface area (Å²) in [6.07, 6.45) is 3.51. The second-order valence-corrected chi connectivity index (χ2v) is 7.34. The van der Waals surface area contributed by atoms with Gasteiger partial charge in [-0.05, 0) is 49.4 Å². The van der Waals surface area contributed by atoms with Gasteiger partial charge in [0.1, 0.15) is 11.9 Å². The van der Waals surface area contributed by atoms with Gasteiger partial charge >= 0.3 is 6.09 Å². The fourth-order valence-electron chi connectivity index (χ4n) is 3.90. The summed E-state index contributed by atoms with van der Waals surface area (Å²) in [5.74, 6) is -0.471. The molecule has 2 aliphatic heterocycles. The van der Waals surface area contributed by atoms with Crippen molar-refractivity contribution >= 4 is 23.4 Å². The number of hydrogen-bond acceptors (Lipinski definition) is 3. The van der Waals surface area contributed by atoms with E-state index in [1.165, 1.54) is 6.07 Å². The highest BCUT2D eigenvalue weighted by molar-refractivity contribution is 6.31. The van der Waals surface area contributed by atoms with Crippen LogP contribution in [0, 0.1) is 5.82 Å². The molecule has 2 heterocycles. The van der Waals surface area contributed by atoms with Crippen LogP contribution in [-0.2, 0) is 4.74 Å². The standard InChI is InChI=1S/C20H20ClFN2O2/c21-17-9-12(5-8-18(17)22)16-3-1-2-4-19(16)24-20(25)26-15-10-13-6-7-14(11-15)23-13/h1-5,8-9,13-15,23H,6-7,10-11H2,(H,24,25). The Hall–Kier alpha value is -2.11. The van der Waals surface area contributed by atoms with Crippen molar-refractivity contribution in [1.29, 1.82) is 0 Å². The SMILES string of the molecule is O=C(Nc1ccccc1-c1ccc(F)c(Cl)c1)OC1CC2CCC(C1)N2. The van der Waals surface area contributed by atoms with E-state index in [0.717, 1.165) is 36.8 Å². The fourth-order valence-corrected chi connectivity index (χ4v) is 4.08. The number of ether oxygens (including phenoxy) is 1. The van der Waals surface area contributed by atoms with E-state index in [1.54, 1.807) is 18.2 Å². The molecule has 0 aliphatic carbocycles. The Morgan fingerprint density at radius 1 is 1.15 bits per heavy atom. The predicted octanol–water partition coefficient (Wildman–Crippen LogP) is 4.98. The number of rotatable bonds is 3. The van der Waals surface area contributed by atoms with Gasteiger partial charge in [-0.3, -0.25) is 5.32 Å². The van der Waals surface area contributed by atoms with Crippen LogP contribution in [0.4, 0.5) is 14.9 Å². The molecule has 1 amide bonds. The van der Waals surface area contributed by atoms with Crippen LogP contribution in [0.5, 0.6) is 0 Å². The first-order valence-electron chi connectivity index (χ1n) is 8.86. The van der Waals surface area contributed by atoms with Crippen LogP contribution in [0.3, 0.4) is 0 Å². The van der Waals surface area contributed by atoms with Crippen molar-refractivity contribution < 1.29 is 13.9 Å². The van der Waals surface area contributed by atoms with Crippen LogP contribution in [0.1, 0.15) is 25.7 Å². The molecule has 4 rings (SSSR count). The fraction of sp³-hybridized carbons (Fsp3) is 0.350. The number of amides is 1. The Morgan fingerprint density at radius 3 is 2.62 bits per heavy atom. The second kappa shape index (κ2) is 7.25. The molecule has 0 aromatic heterocycles. The highest BCUT2D eigenvalue weighted by Gasteiger charge is 2.35. The van der Waals surface area contributed by atoms with Crippen LogP contribution < -0.4 is 10.6 Å². The van der Waals surface area contributed by atoms with Gasteiger partial charge in [0.2, 0.25) is 0 Å². The molecule has 2 bridgehead atoms. The van der Waals surface area contributed by atoms with E-state index in [0.29, 0.717) is 17.8 Å². The van der Waals surface area contributed by atoms with Crippen molar-refractivity contribution in [2.75, 3.05) is 5.32 Å². The molecule has 6 heteroatoms. The Balaban J connectivity index is 1.48. The molecular weight excluding hydrogens is 355 g/mol. The van der Waals surface area contributed by atoms with Crippen molar-refractivity contribution in [3.63, 3.8) is 0 Å². The van der Waals surface area contributed by atoms with E-state index in [2.05, 4.69) is 10.6 Å². The van der Waals surface area contributed by atoms with Crippen molar-refractivity contribution in [2.45, 2.75) is 43.9 Å². The lowest BCUT2D eigenvalue weighted by Gasteiger charge is -2.28. The molecule has 2 unspecified atom stereocenters. The molecule has 0 radical (unpaired) electrons. The Kier molecular flexibility index (Phi) is 4.83. The topological polar surface area (TPSA) is 50.4 Å². The smallest absolute Gasteiger partial charge is 0.411 e. The number of carbonyl (C=O) groups excluding carboxylic acids is 1. The predicted molar refractivity (Wildman–Crippen MR) is 99.9 cm³/mol. The molecule has 2 aromatic carbocycles. The minimum atomic E-state index is -0.471. The van der Waals surface area contributed by atoms with E-state index >= 15 is 0 Å². The van der Waals surface area contributed by atoms with E-state index in [9.17, 15) is 9.18 Å². The van der Waals surface area contributed by atoms with Gasteiger partial charge < -0.3 is 10.1 Å². The van der Waals surface area contributed by atoms with Gasteiger partial charge in [-0.15, -0.1) is 0 Å². The number of nitrogens with one attached hydrogen (secondary N) is 2. The lowest BCUT2D eigenvalue weighted by atomic mass is 10.0. The molecule has 2 aliphatic rings. The maximum Gasteiger partial charge on any atom is 0.411 e. The third-order valence-corrected chi connectivity index (χ3v) is 5.39. The maximum absolute atomic E-state index is 13.4. The lowest BCUT2D eigenvalue weighted by molar-refractivity contribution is 0.0774. The summed E-state index contributed by atoms with van der Waals surface area (Å²) in [4.78, 5) is 12.4. The van der Waals surface area contributed by atoms with Crippen molar-refractivity contribution in [3.05, 3.63) is 53.3 Å². The van der Waals surface area contributed by atoms with Gasteiger partial charge in [-0.25, -0.2) is 9.18 Å². The lowest BCUT2D eigenvalue weighted by Crippen LogP contribution is -2.42. The summed E-state index contributed by atoms with van der Waals surface area (Å²) in [5, 5.41) is 6.40. The average molecular weight is 375 g/mol. The van der Waals surface area contributed by atoms with Gasteiger partial charge in [-0.2, -0.15) is 0 Å². The summed E-state index contributed by atoms with van der Waals surface area (Å²) >= 11 is 5.89. The zero-order valence-corrected chi connectivity index (χ0v) is 14.9. The summed E-state index contributed by atoms with van der Waals surface area (Å²) in [5.41, 5.74) is 2.10. The van der Waals surface area contributed by atoms with E-state index in [1.807, 2.05) is 18.2 Å². The number of para-hydroxylation sites is 1. The molecule has 2 fully saturated rings. The molecule has 0 saturated carbocycles. The van der Waals surface area contributed by atoms with Crippen LogP contribution in [0.25, 0.3) is 11.1 Å². The first-order chi connectivity index (χ1) is 12.6. The van der Waals surface area contributed by atoms with Crippen LogP contribution in [-0.4, -0.2) is 24.3 Å². The molecule has 2 saturated heterocycles. The van der Waals surface area contributed by atoms with Gasteiger partial charge in [-0.1, -0.05) is 35.9 Å². The molecule has 4 nitrogen and oxygen atoms in total. The normalized spacial score (nSPS) is 24.3. The zero-order valence-electron chi connectivity index (χ0n) is 14.2. The monoisotopic (exact) mass is 374 g/mol. The second-order valence-electron chi connectivity index (χ2n) is 6.94. The first-order valence-corrected chi connectivity index (χ1v) is 9.24. The first kappa shape index (κ1) is 17.3. The van der Waals surface area contributed by atoms with Gasteiger partial charge in [0.15, 0.2) is 0 Å². The Labute approximate surface area is 156 Å². The summed E-state index contributed by atoms with van der Waals surface area (Å²) in [6, 6.07) is 12.7. The molecule has 136 valence electrons. The minimum Gasteiger partial charge on any atom is -0.446 e. The number of carbonyl (C=O) groups is 1. The molecule has 2 N–H and O–H groups in total. The van der Waals surface area contributed by atoms with Crippen molar-refractivity contribution in [3.8, 4) is 11.1 Å². The third kappa shape index (κ3) is 3.69. The quantitative estimate of drug-likeness (QED) is 0.796. The number of fused-ring (bicyclic) bond motifs is 2. The van der Waals surface area contributed by atoms with Crippen LogP contribution in [0.2, 0.25) is 5.02 Å². The molecule has 2 aromatic rings. The van der Waals surface area contributed by atoms with Crippen LogP contribution in [0.15, 0.2) is 42.5 Å². The number of benzene rings is 2. The Bertz CT molecular complexity index is 817. The minimum absolute atomic E-state index is 0.0464. The van der Waals surface area contributed by atoms with Gasteiger partial charge in [0.05, 0.1) is 10.7 Å². The highest BCUT2D eigenvalue weighted by atomic mass is 35.5. The van der Waals surface area contributed by atoms with Gasteiger partial charge in [0, 0.05) is 17.6 Å². The zero-order chi connectivity index (χ0) is 18.1. The van der Waals surface area contributed by atoms with E-state index < -0.39 is 11.9 Å². The molecule has 0 spiro atoms. The third-order valence-electron chi connectivity index (χ3n) is 5.10. The summed E-state index contributed by atoms with van der Waals surface area (Å²) < 4.78 is 19.1. The summed E-state index contributed by atoms with van der Waals surface area (Å²) in [7, 11) is 0. The van der Waals surface area contributed by atoms with E-state index in [-0.39, 0.29) is 11.1 Å². The Morgan fingerprint density at radius 2 is 1.88 bits per heavy atom. The number of hydrogen-bond donors (Lipinski definition) is 2. The number of piperidine rings is 1. The van der Waals surface area contributed by atoms with Crippen molar-refractivity contribution in [2.24, 2.45) is 0 Å². The average Bonchev–Trinajstić information content (AvgIpc) is 2.96. The van der Waals surface area contributed by atoms with Crippen LogP contribution >= 0.6 is 11.6 Å². The summed E-state index contributed by atoms with van der Waals surface area (Å²) in [6.45, 7) is 0.